The molecule has 0 radical (unpaired) electrons. The molecule has 0 N–H and O–H groups in total. The Hall–Kier alpha value is -3.32. The van der Waals surface area contributed by atoms with Crippen molar-refractivity contribution in [2.45, 2.75) is 41.5 Å². The van der Waals surface area contributed by atoms with Crippen molar-refractivity contribution in [3.63, 3.8) is 0 Å². The maximum absolute atomic E-state index is 4.91. The second kappa shape index (κ2) is 15.5. The average molecular weight is 427 g/mol. The molecule has 4 aromatic rings. The van der Waals surface area contributed by atoms with Gasteiger partial charge in [-0.05, 0) is 87.1 Å². The predicted octanol–water partition coefficient (Wildman–Crippen LogP) is 8.61. The maximum Gasteiger partial charge on any atom is 0.118 e. The molecule has 0 spiro atoms. The van der Waals surface area contributed by atoms with Crippen LogP contribution in [-0.4, -0.2) is 7.11 Å². The van der Waals surface area contributed by atoms with Crippen molar-refractivity contribution in [3.8, 4) is 5.75 Å². The van der Waals surface area contributed by atoms with Crippen molar-refractivity contribution in [2.24, 2.45) is 0 Å². The SMILES string of the molecule is COc1ccccc1.Cc1ccccc1C.Cc1ccccc1C.Cc1ccccc1C. The van der Waals surface area contributed by atoms with E-state index in [0.29, 0.717) is 0 Å². The quantitative estimate of drug-likeness (QED) is 0.296. The number of benzene rings is 4. The van der Waals surface area contributed by atoms with Gasteiger partial charge in [0, 0.05) is 0 Å². The number of methoxy groups -OCH3 is 1. The molecule has 0 aliphatic heterocycles. The fourth-order valence-corrected chi connectivity index (χ4v) is 2.54. The monoisotopic (exact) mass is 426 g/mol. The Kier molecular flexibility index (Phi) is 12.9. The molecule has 0 heterocycles. The van der Waals surface area contributed by atoms with Crippen molar-refractivity contribution in [1.82, 2.24) is 0 Å². The standard InChI is InChI=1S/3C8H10.C7H8O/c3*1-7-5-3-4-6-8(7)2;1-8-7-5-3-2-4-6-7/h3*3-6H,1-2H3;2-6H,1H3. The van der Waals surface area contributed by atoms with E-state index in [2.05, 4.69) is 114 Å². The number of rotatable bonds is 1. The Morgan fingerprint density at radius 3 is 0.719 bits per heavy atom. The zero-order chi connectivity index (χ0) is 23.8. The van der Waals surface area contributed by atoms with Crippen molar-refractivity contribution >= 4 is 0 Å². The third-order valence-electron chi connectivity index (χ3n) is 5.26. The lowest BCUT2D eigenvalue weighted by molar-refractivity contribution is 0.415. The molecule has 0 bridgehead atoms. The summed E-state index contributed by atoms with van der Waals surface area (Å²) < 4.78 is 4.91. The second-order valence-corrected chi connectivity index (χ2v) is 7.77. The molecule has 0 aliphatic carbocycles. The van der Waals surface area contributed by atoms with Crippen molar-refractivity contribution < 1.29 is 4.74 Å². The van der Waals surface area contributed by atoms with Gasteiger partial charge in [0.15, 0.2) is 0 Å². The van der Waals surface area contributed by atoms with Gasteiger partial charge in [-0.1, -0.05) is 91.0 Å². The summed E-state index contributed by atoms with van der Waals surface area (Å²) in [5.41, 5.74) is 8.21. The molecule has 1 heteroatoms. The van der Waals surface area contributed by atoms with Crippen molar-refractivity contribution in [2.75, 3.05) is 7.11 Å². The van der Waals surface area contributed by atoms with Crippen LogP contribution in [0.4, 0.5) is 0 Å². The fraction of sp³-hybridized carbons (Fsp3) is 0.226. The smallest absolute Gasteiger partial charge is 0.118 e. The van der Waals surface area contributed by atoms with Crippen molar-refractivity contribution in [3.05, 3.63) is 137 Å². The number of hydrogen-bond acceptors (Lipinski definition) is 1. The highest BCUT2D eigenvalue weighted by molar-refractivity contribution is 5.24. The molecule has 32 heavy (non-hydrogen) atoms. The summed E-state index contributed by atoms with van der Waals surface area (Å²) in [4.78, 5) is 0. The predicted molar refractivity (Wildman–Crippen MR) is 141 cm³/mol. The van der Waals surface area contributed by atoms with Crippen LogP contribution in [0.25, 0.3) is 0 Å². The Balaban J connectivity index is 0.000000213. The first kappa shape index (κ1) is 26.7. The van der Waals surface area contributed by atoms with Gasteiger partial charge >= 0.3 is 0 Å². The van der Waals surface area contributed by atoms with E-state index in [1.807, 2.05) is 30.3 Å². The molecule has 0 fully saturated rings. The van der Waals surface area contributed by atoms with E-state index >= 15 is 0 Å². The number of aryl methyl sites for hydroxylation is 6. The normalized spacial score (nSPS) is 9.09. The third-order valence-corrected chi connectivity index (χ3v) is 5.26. The van der Waals surface area contributed by atoms with Gasteiger partial charge in [-0.3, -0.25) is 0 Å². The lowest BCUT2D eigenvalue weighted by Crippen LogP contribution is -1.78. The summed E-state index contributed by atoms with van der Waals surface area (Å²) in [5, 5.41) is 0. The summed E-state index contributed by atoms with van der Waals surface area (Å²) in [7, 11) is 1.66. The van der Waals surface area contributed by atoms with E-state index in [0.717, 1.165) is 5.75 Å². The van der Waals surface area contributed by atoms with Gasteiger partial charge in [-0.25, -0.2) is 0 Å². The van der Waals surface area contributed by atoms with Crippen LogP contribution in [0.1, 0.15) is 33.4 Å². The molecule has 0 saturated carbocycles. The summed E-state index contributed by atoms with van der Waals surface area (Å²) in [6, 6.07) is 34.8. The highest BCUT2D eigenvalue weighted by Gasteiger charge is 1.85. The zero-order valence-corrected chi connectivity index (χ0v) is 20.7. The molecular weight excluding hydrogens is 388 g/mol. The van der Waals surface area contributed by atoms with Crippen LogP contribution in [0.2, 0.25) is 0 Å². The van der Waals surface area contributed by atoms with E-state index in [1.54, 1.807) is 7.11 Å². The summed E-state index contributed by atoms with van der Waals surface area (Å²) in [6.07, 6.45) is 0. The molecular formula is C31H38O. The van der Waals surface area contributed by atoms with E-state index in [4.69, 9.17) is 4.74 Å². The average Bonchev–Trinajstić information content (AvgIpc) is 2.82. The minimum atomic E-state index is 0.910. The number of ether oxygens (including phenoxy) is 1. The van der Waals surface area contributed by atoms with Gasteiger partial charge in [0.1, 0.15) is 5.75 Å². The largest absolute Gasteiger partial charge is 0.497 e. The van der Waals surface area contributed by atoms with E-state index in [1.165, 1.54) is 33.4 Å². The molecule has 0 unspecified atom stereocenters. The van der Waals surface area contributed by atoms with Crippen LogP contribution >= 0.6 is 0 Å². The molecule has 4 rings (SSSR count). The van der Waals surface area contributed by atoms with Crippen LogP contribution in [0.15, 0.2) is 103 Å². The molecule has 1 nitrogen and oxygen atoms in total. The third kappa shape index (κ3) is 11.2. The van der Waals surface area contributed by atoms with E-state index in [9.17, 15) is 0 Å². The molecule has 0 aromatic heterocycles. The van der Waals surface area contributed by atoms with Gasteiger partial charge in [0.25, 0.3) is 0 Å². The van der Waals surface area contributed by atoms with Crippen LogP contribution in [-0.2, 0) is 0 Å². The van der Waals surface area contributed by atoms with Gasteiger partial charge in [-0.15, -0.1) is 0 Å². The van der Waals surface area contributed by atoms with Crippen LogP contribution < -0.4 is 4.74 Å². The first-order valence-electron chi connectivity index (χ1n) is 11.0. The van der Waals surface area contributed by atoms with Gasteiger partial charge < -0.3 is 4.74 Å². The minimum absolute atomic E-state index is 0.910. The summed E-state index contributed by atoms with van der Waals surface area (Å²) in [6.45, 7) is 12.7. The Morgan fingerprint density at radius 2 is 0.562 bits per heavy atom. The van der Waals surface area contributed by atoms with Crippen LogP contribution in [0.3, 0.4) is 0 Å². The topological polar surface area (TPSA) is 9.23 Å². The molecule has 0 saturated heterocycles. The Bertz CT molecular complexity index is 853. The first-order valence-corrected chi connectivity index (χ1v) is 11.0. The van der Waals surface area contributed by atoms with Gasteiger partial charge in [-0.2, -0.15) is 0 Å². The first-order chi connectivity index (χ1) is 15.3. The Labute approximate surface area is 195 Å². The van der Waals surface area contributed by atoms with Crippen molar-refractivity contribution in [1.29, 1.82) is 0 Å². The van der Waals surface area contributed by atoms with E-state index < -0.39 is 0 Å². The lowest BCUT2D eigenvalue weighted by Gasteiger charge is -1.93. The Morgan fingerprint density at radius 1 is 0.344 bits per heavy atom. The zero-order valence-electron chi connectivity index (χ0n) is 20.7. The van der Waals surface area contributed by atoms with Gasteiger partial charge in [0.2, 0.25) is 0 Å². The van der Waals surface area contributed by atoms with Gasteiger partial charge in [0.05, 0.1) is 7.11 Å². The summed E-state index contributed by atoms with van der Waals surface area (Å²) >= 11 is 0. The second-order valence-electron chi connectivity index (χ2n) is 7.77. The molecule has 0 atom stereocenters. The molecule has 4 aromatic carbocycles. The molecule has 0 amide bonds. The van der Waals surface area contributed by atoms with Crippen LogP contribution in [0.5, 0.6) is 5.75 Å². The summed E-state index contributed by atoms with van der Waals surface area (Å²) in [5.74, 6) is 0.910. The fourth-order valence-electron chi connectivity index (χ4n) is 2.54. The highest BCUT2D eigenvalue weighted by Crippen LogP contribution is 2.06. The molecule has 0 aliphatic rings. The number of para-hydroxylation sites is 1. The lowest BCUT2D eigenvalue weighted by atomic mass is 10.1. The minimum Gasteiger partial charge on any atom is -0.497 e. The van der Waals surface area contributed by atoms with E-state index in [-0.39, 0.29) is 0 Å². The maximum atomic E-state index is 4.91. The number of hydrogen-bond donors (Lipinski definition) is 0. The molecule has 168 valence electrons. The highest BCUT2D eigenvalue weighted by atomic mass is 16.5. The van der Waals surface area contributed by atoms with Crippen LogP contribution in [0, 0.1) is 41.5 Å².